The first-order chi connectivity index (χ1) is 9.08. The van der Waals surface area contributed by atoms with Crippen molar-refractivity contribution in [3.8, 4) is 0 Å². The maximum atomic E-state index is 5.04. The van der Waals surface area contributed by atoms with Crippen LogP contribution >= 0.6 is 11.3 Å². The first-order valence-electron chi connectivity index (χ1n) is 7.83. The van der Waals surface area contributed by atoms with Crippen molar-refractivity contribution in [2.24, 2.45) is 5.41 Å². The van der Waals surface area contributed by atoms with Crippen molar-refractivity contribution in [3.05, 3.63) is 16.1 Å². The van der Waals surface area contributed by atoms with Crippen molar-refractivity contribution in [1.29, 1.82) is 0 Å². The van der Waals surface area contributed by atoms with Gasteiger partial charge in [-0.05, 0) is 32.1 Å². The van der Waals surface area contributed by atoms with Crippen LogP contribution in [0.1, 0.15) is 78.4 Å². The Bertz CT molecular complexity index is 468. The van der Waals surface area contributed by atoms with E-state index in [-0.39, 0.29) is 16.4 Å². The van der Waals surface area contributed by atoms with Crippen molar-refractivity contribution in [2.75, 3.05) is 0 Å². The topological polar surface area (TPSA) is 24.9 Å². The quantitative estimate of drug-likeness (QED) is 0.862. The third-order valence-corrected chi connectivity index (χ3v) is 5.69. The van der Waals surface area contributed by atoms with Crippen LogP contribution in [-0.2, 0) is 11.0 Å². The highest BCUT2D eigenvalue weighted by atomic mass is 32.1. The molecular formula is C17H30N2S. The molecule has 0 saturated heterocycles. The summed E-state index contributed by atoms with van der Waals surface area (Å²) in [5, 5.41) is 7.42. The predicted octanol–water partition coefficient (Wildman–Crippen LogP) is 4.84. The van der Waals surface area contributed by atoms with Crippen LogP contribution in [-0.4, -0.2) is 11.0 Å². The monoisotopic (exact) mass is 294 g/mol. The molecule has 2 nitrogen and oxygen atoms in total. The minimum Gasteiger partial charge on any atom is -0.303 e. The molecule has 1 aromatic rings. The number of nitrogens with zero attached hydrogens (tertiary/aromatic N) is 1. The second-order valence-corrected chi connectivity index (χ2v) is 9.09. The normalized spacial score (nSPS) is 26.4. The van der Waals surface area contributed by atoms with Crippen LogP contribution in [0, 0.1) is 5.41 Å². The van der Waals surface area contributed by atoms with Crippen molar-refractivity contribution in [3.63, 3.8) is 0 Å². The summed E-state index contributed by atoms with van der Waals surface area (Å²) in [5.41, 5.74) is 1.68. The third kappa shape index (κ3) is 2.67. The van der Waals surface area contributed by atoms with Gasteiger partial charge in [-0.3, -0.25) is 0 Å². The summed E-state index contributed by atoms with van der Waals surface area (Å²) >= 11 is 1.84. The van der Waals surface area contributed by atoms with Gasteiger partial charge in [0, 0.05) is 16.8 Å². The summed E-state index contributed by atoms with van der Waals surface area (Å²) in [6, 6.07) is 0.481. The van der Waals surface area contributed by atoms with Gasteiger partial charge < -0.3 is 5.32 Å². The van der Waals surface area contributed by atoms with Gasteiger partial charge in [-0.25, -0.2) is 4.98 Å². The Hall–Kier alpha value is -0.410. The molecule has 0 bridgehead atoms. The minimum atomic E-state index is 0.0509. The van der Waals surface area contributed by atoms with Gasteiger partial charge in [-0.15, -0.1) is 11.3 Å². The lowest BCUT2D eigenvalue weighted by Crippen LogP contribution is -2.52. The van der Waals surface area contributed by atoms with Gasteiger partial charge in [-0.2, -0.15) is 0 Å². The van der Waals surface area contributed by atoms with E-state index in [2.05, 4.69) is 59.2 Å². The van der Waals surface area contributed by atoms with E-state index in [0.29, 0.717) is 6.04 Å². The molecule has 1 saturated carbocycles. The van der Waals surface area contributed by atoms with Crippen LogP contribution in [0.2, 0.25) is 0 Å². The largest absolute Gasteiger partial charge is 0.303 e. The van der Waals surface area contributed by atoms with E-state index >= 15 is 0 Å². The van der Waals surface area contributed by atoms with Crippen LogP contribution < -0.4 is 5.32 Å². The van der Waals surface area contributed by atoms with E-state index < -0.39 is 0 Å². The van der Waals surface area contributed by atoms with Crippen molar-refractivity contribution in [1.82, 2.24) is 10.3 Å². The number of thiazole rings is 1. The van der Waals surface area contributed by atoms with Gasteiger partial charge >= 0.3 is 0 Å². The molecule has 1 aromatic heterocycles. The van der Waals surface area contributed by atoms with E-state index in [1.54, 1.807) is 0 Å². The molecule has 0 aliphatic heterocycles. The van der Waals surface area contributed by atoms with Crippen molar-refractivity contribution in [2.45, 2.75) is 84.7 Å². The fraction of sp³-hybridized carbons (Fsp3) is 0.824. The standard InChI is InChI=1S/C17H30N2S/c1-12(2)19-17(10-8-9-16(17,6)7)14-18-13(11-20-14)15(3,4)5/h11-12,19H,8-10H2,1-7H3. The Morgan fingerprint density at radius 2 is 1.90 bits per heavy atom. The fourth-order valence-electron chi connectivity index (χ4n) is 3.38. The molecule has 1 heterocycles. The van der Waals surface area contributed by atoms with Gasteiger partial charge in [0.05, 0.1) is 11.2 Å². The molecule has 1 atom stereocenters. The zero-order valence-electron chi connectivity index (χ0n) is 14.1. The van der Waals surface area contributed by atoms with Gasteiger partial charge in [0.2, 0.25) is 0 Å². The maximum absolute atomic E-state index is 5.04. The molecule has 1 aliphatic rings. The predicted molar refractivity (Wildman–Crippen MR) is 88.4 cm³/mol. The number of hydrogen-bond acceptors (Lipinski definition) is 3. The zero-order chi connectivity index (χ0) is 15.2. The van der Waals surface area contributed by atoms with Gasteiger partial charge in [-0.1, -0.05) is 41.0 Å². The molecule has 1 N–H and O–H groups in total. The summed E-state index contributed by atoms with van der Waals surface area (Å²) in [5.74, 6) is 0. The molecule has 1 aliphatic carbocycles. The first kappa shape index (κ1) is 16.0. The maximum Gasteiger partial charge on any atom is 0.114 e. The minimum absolute atomic E-state index is 0.0509. The van der Waals surface area contributed by atoms with E-state index in [9.17, 15) is 0 Å². The number of aromatic nitrogens is 1. The summed E-state index contributed by atoms with van der Waals surface area (Å²) in [7, 11) is 0. The molecule has 1 fully saturated rings. The summed E-state index contributed by atoms with van der Waals surface area (Å²) in [6.45, 7) is 16.0. The summed E-state index contributed by atoms with van der Waals surface area (Å²) < 4.78 is 0. The average Bonchev–Trinajstić information content (AvgIpc) is 2.83. The van der Waals surface area contributed by atoms with Gasteiger partial charge in [0.1, 0.15) is 5.01 Å². The molecule has 0 radical (unpaired) electrons. The molecular weight excluding hydrogens is 264 g/mol. The van der Waals surface area contributed by atoms with E-state index in [1.807, 2.05) is 11.3 Å². The molecule has 0 aromatic carbocycles. The molecule has 1 unspecified atom stereocenters. The van der Waals surface area contributed by atoms with Gasteiger partial charge in [0.15, 0.2) is 0 Å². The van der Waals surface area contributed by atoms with Crippen molar-refractivity contribution < 1.29 is 0 Å². The average molecular weight is 295 g/mol. The lowest BCUT2D eigenvalue weighted by atomic mass is 9.74. The molecule has 2 rings (SSSR count). The lowest BCUT2D eigenvalue weighted by Gasteiger charge is -2.42. The van der Waals surface area contributed by atoms with Crippen molar-refractivity contribution >= 4 is 11.3 Å². The number of nitrogens with one attached hydrogen (secondary N) is 1. The van der Waals surface area contributed by atoms with Crippen LogP contribution in [0.25, 0.3) is 0 Å². The Morgan fingerprint density at radius 1 is 1.25 bits per heavy atom. The van der Waals surface area contributed by atoms with E-state index in [1.165, 1.54) is 30.0 Å². The molecule has 20 heavy (non-hydrogen) atoms. The smallest absolute Gasteiger partial charge is 0.114 e. The highest BCUT2D eigenvalue weighted by molar-refractivity contribution is 7.09. The van der Waals surface area contributed by atoms with Crippen LogP contribution in [0.15, 0.2) is 5.38 Å². The molecule has 114 valence electrons. The highest BCUT2D eigenvalue weighted by Crippen LogP contribution is 2.53. The summed E-state index contributed by atoms with van der Waals surface area (Å²) in [6.07, 6.45) is 3.77. The van der Waals surface area contributed by atoms with Gasteiger partial charge in [0.25, 0.3) is 0 Å². The van der Waals surface area contributed by atoms with E-state index in [4.69, 9.17) is 4.98 Å². The summed E-state index contributed by atoms with van der Waals surface area (Å²) in [4.78, 5) is 5.04. The second-order valence-electron chi connectivity index (χ2n) is 8.23. The molecule has 3 heteroatoms. The number of hydrogen-bond donors (Lipinski definition) is 1. The number of rotatable bonds is 3. The van der Waals surface area contributed by atoms with Crippen LogP contribution in [0.4, 0.5) is 0 Å². The Kier molecular flexibility index (Phi) is 4.07. The van der Waals surface area contributed by atoms with Crippen LogP contribution in [0.3, 0.4) is 0 Å². The Balaban J connectivity index is 2.45. The first-order valence-corrected chi connectivity index (χ1v) is 8.71. The molecule has 0 spiro atoms. The zero-order valence-corrected chi connectivity index (χ0v) is 14.9. The fourth-order valence-corrected chi connectivity index (χ4v) is 4.80. The Morgan fingerprint density at radius 3 is 2.30 bits per heavy atom. The third-order valence-electron chi connectivity index (χ3n) is 4.68. The lowest BCUT2D eigenvalue weighted by molar-refractivity contribution is 0.143. The highest BCUT2D eigenvalue weighted by Gasteiger charge is 2.52. The van der Waals surface area contributed by atoms with E-state index in [0.717, 1.165) is 0 Å². The van der Waals surface area contributed by atoms with Crippen LogP contribution in [0.5, 0.6) is 0 Å². The second kappa shape index (κ2) is 5.10. The molecule has 0 amide bonds. The SMILES string of the molecule is CC(C)NC1(c2nc(C(C)(C)C)cs2)CCCC1(C)C. The Labute approximate surface area is 128 Å².